The number of nitrogens with zero attached hydrogens (tertiary/aromatic N) is 1. The van der Waals surface area contributed by atoms with Crippen molar-refractivity contribution in [1.82, 2.24) is 9.97 Å². The number of carbonyl (C=O) groups is 1. The van der Waals surface area contributed by atoms with Crippen LogP contribution in [0.15, 0.2) is 24.5 Å². The second kappa shape index (κ2) is 4.29. The summed E-state index contributed by atoms with van der Waals surface area (Å²) in [6.07, 6.45) is 6.73. The summed E-state index contributed by atoms with van der Waals surface area (Å²) in [5.74, 6) is -0.100. The van der Waals surface area contributed by atoms with E-state index in [-0.39, 0.29) is 5.91 Å². The lowest BCUT2D eigenvalue weighted by Crippen LogP contribution is -2.12. The smallest absolute Gasteiger partial charge is 0.272 e. The van der Waals surface area contributed by atoms with Crippen LogP contribution in [0.3, 0.4) is 0 Å². The van der Waals surface area contributed by atoms with E-state index >= 15 is 0 Å². The Hall–Kier alpha value is -2.10. The van der Waals surface area contributed by atoms with Crippen LogP contribution in [0.5, 0.6) is 0 Å². The highest BCUT2D eigenvalue weighted by atomic mass is 16.1. The van der Waals surface area contributed by atoms with Gasteiger partial charge in [0.15, 0.2) is 0 Å². The standard InChI is InChI=1S/C14H15N3O/c1-9-5-11(8-15-7-9)16-14(18)13-6-10-3-2-4-12(10)17-13/h5-8,17H,2-4H2,1H3,(H,16,18). The van der Waals surface area contributed by atoms with Gasteiger partial charge in [-0.2, -0.15) is 0 Å². The molecule has 1 aliphatic rings. The van der Waals surface area contributed by atoms with Gasteiger partial charge in [0.2, 0.25) is 0 Å². The number of nitrogens with one attached hydrogen (secondary N) is 2. The lowest BCUT2D eigenvalue weighted by atomic mass is 10.2. The predicted octanol–water partition coefficient (Wildman–Crippen LogP) is 2.46. The number of fused-ring (bicyclic) bond motifs is 1. The predicted molar refractivity (Wildman–Crippen MR) is 69.7 cm³/mol. The van der Waals surface area contributed by atoms with Gasteiger partial charge >= 0.3 is 0 Å². The van der Waals surface area contributed by atoms with E-state index in [0.717, 1.165) is 24.1 Å². The molecule has 1 aliphatic carbocycles. The van der Waals surface area contributed by atoms with Crippen LogP contribution in [0.25, 0.3) is 0 Å². The normalized spacial score (nSPS) is 13.4. The number of amides is 1. The maximum Gasteiger partial charge on any atom is 0.272 e. The molecule has 0 saturated heterocycles. The Morgan fingerprint density at radius 3 is 3.00 bits per heavy atom. The molecular formula is C14H15N3O. The van der Waals surface area contributed by atoms with Gasteiger partial charge in [0.25, 0.3) is 5.91 Å². The summed E-state index contributed by atoms with van der Waals surface area (Å²) in [7, 11) is 0. The van der Waals surface area contributed by atoms with Gasteiger partial charge in [0.1, 0.15) is 5.69 Å². The molecule has 0 saturated carbocycles. The lowest BCUT2D eigenvalue weighted by molar-refractivity contribution is 0.102. The Morgan fingerprint density at radius 2 is 2.22 bits per heavy atom. The number of aromatic nitrogens is 2. The zero-order chi connectivity index (χ0) is 12.5. The quantitative estimate of drug-likeness (QED) is 0.848. The molecule has 0 aromatic carbocycles. The van der Waals surface area contributed by atoms with E-state index in [1.165, 1.54) is 17.7 Å². The van der Waals surface area contributed by atoms with E-state index in [2.05, 4.69) is 15.3 Å². The van der Waals surface area contributed by atoms with Gasteiger partial charge in [0, 0.05) is 11.9 Å². The molecule has 2 aromatic heterocycles. The first-order valence-electron chi connectivity index (χ1n) is 6.16. The van der Waals surface area contributed by atoms with Gasteiger partial charge in [-0.15, -0.1) is 0 Å². The molecule has 3 rings (SSSR count). The minimum absolute atomic E-state index is 0.100. The first-order valence-corrected chi connectivity index (χ1v) is 6.16. The van der Waals surface area contributed by atoms with Crippen LogP contribution >= 0.6 is 0 Å². The topological polar surface area (TPSA) is 57.8 Å². The molecule has 18 heavy (non-hydrogen) atoms. The van der Waals surface area contributed by atoms with Crippen LogP contribution in [0.4, 0.5) is 5.69 Å². The second-order valence-corrected chi connectivity index (χ2v) is 4.75. The highest BCUT2D eigenvalue weighted by molar-refractivity contribution is 6.03. The molecule has 4 nitrogen and oxygen atoms in total. The maximum absolute atomic E-state index is 12.1. The van der Waals surface area contributed by atoms with Crippen molar-refractivity contribution >= 4 is 11.6 Å². The molecule has 0 unspecified atom stereocenters. The summed E-state index contributed by atoms with van der Waals surface area (Å²) in [5.41, 5.74) is 4.89. The Labute approximate surface area is 105 Å². The Morgan fingerprint density at radius 1 is 1.33 bits per heavy atom. The molecule has 0 spiro atoms. The summed E-state index contributed by atoms with van der Waals surface area (Å²) in [6.45, 7) is 1.95. The molecule has 0 atom stereocenters. The molecule has 0 radical (unpaired) electrons. The highest BCUT2D eigenvalue weighted by Crippen LogP contribution is 2.22. The van der Waals surface area contributed by atoms with Gasteiger partial charge in [0.05, 0.1) is 11.9 Å². The van der Waals surface area contributed by atoms with Crippen LogP contribution in [0.2, 0.25) is 0 Å². The number of hydrogen-bond acceptors (Lipinski definition) is 2. The second-order valence-electron chi connectivity index (χ2n) is 4.75. The number of carbonyl (C=O) groups excluding carboxylic acids is 1. The molecule has 0 aliphatic heterocycles. The van der Waals surface area contributed by atoms with Gasteiger partial charge in [-0.1, -0.05) is 0 Å². The van der Waals surface area contributed by atoms with Crippen molar-refractivity contribution in [2.75, 3.05) is 5.32 Å². The third-order valence-corrected chi connectivity index (χ3v) is 3.24. The van der Waals surface area contributed by atoms with E-state index in [1.54, 1.807) is 12.4 Å². The Balaban J connectivity index is 1.78. The molecule has 2 N–H and O–H groups in total. The van der Waals surface area contributed by atoms with Crippen molar-refractivity contribution in [2.24, 2.45) is 0 Å². The number of hydrogen-bond donors (Lipinski definition) is 2. The minimum atomic E-state index is -0.100. The van der Waals surface area contributed by atoms with Crippen molar-refractivity contribution in [2.45, 2.75) is 26.2 Å². The molecule has 1 amide bonds. The number of aromatic amines is 1. The van der Waals surface area contributed by atoms with Gasteiger partial charge in [-0.3, -0.25) is 9.78 Å². The SMILES string of the molecule is Cc1cncc(NC(=O)c2cc3c([nH]2)CCC3)c1. The minimum Gasteiger partial charge on any atom is -0.354 e. The van der Waals surface area contributed by atoms with Crippen molar-refractivity contribution in [1.29, 1.82) is 0 Å². The van der Waals surface area contributed by atoms with Crippen LogP contribution in [0, 0.1) is 6.92 Å². The fraction of sp³-hybridized carbons (Fsp3) is 0.286. The summed E-state index contributed by atoms with van der Waals surface area (Å²) in [6, 6.07) is 3.86. The third-order valence-electron chi connectivity index (χ3n) is 3.24. The monoisotopic (exact) mass is 241 g/mol. The average molecular weight is 241 g/mol. The molecule has 4 heteroatoms. The van der Waals surface area contributed by atoms with Gasteiger partial charge in [-0.25, -0.2) is 0 Å². The third kappa shape index (κ3) is 2.01. The number of aryl methyl sites for hydroxylation is 3. The zero-order valence-electron chi connectivity index (χ0n) is 10.3. The molecule has 2 aromatic rings. The maximum atomic E-state index is 12.1. The summed E-state index contributed by atoms with van der Waals surface area (Å²) < 4.78 is 0. The van der Waals surface area contributed by atoms with E-state index < -0.39 is 0 Å². The number of pyridine rings is 1. The number of rotatable bonds is 2. The van der Waals surface area contributed by atoms with E-state index in [0.29, 0.717) is 5.69 Å². The first-order chi connectivity index (χ1) is 8.72. The Kier molecular flexibility index (Phi) is 2.63. The van der Waals surface area contributed by atoms with Crippen LogP contribution < -0.4 is 5.32 Å². The van der Waals surface area contributed by atoms with Crippen LogP contribution in [0.1, 0.15) is 33.7 Å². The van der Waals surface area contributed by atoms with E-state index in [4.69, 9.17) is 0 Å². The number of anilines is 1. The molecule has 92 valence electrons. The van der Waals surface area contributed by atoms with Crippen LogP contribution in [-0.4, -0.2) is 15.9 Å². The van der Waals surface area contributed by atoms with E-state index in [1.807, 2.05) is 19.1 Å². The van der Waals surface area contributed by atoms with E-state index in [9.17, 15) is 4.79 Å². The summed E-state index contributed by atoms with van der Waals surface area (Å²) in [4.78, 5) is 19.3. The average Bonchev–Trinajstić information content (AvgIpc) is 2.88. The van der Waals surface area contributed by atoms with Gasteiger partial charge < -0.3 is 10.3 Å². The first kappa shape index (κ1) is 11.0. The van der Waals surface area contributed by atoms with Crippen LogP contribution in [-0.2, 0) is 12.8 Å². The summed E-state index contributed by atoms with van der Waals surface area (Å²) >= 11 is 0. The van der Waals surface area contributed by atoms with Crippen molar-refractivity contribution < 1.29 is 4.79 Å². The van der Waals surface area contributed by atoms with Crippen molar-refractivity contribution in [3.63, 3.8) is 0 Å². The zero-order valence-corrected chi connectivity index (χ0v) is 10.3. The Bertz CT molecular complexity index is 579. The van der Waals surface area contributed by atoms with Crippen molar-refractivity contribution in [3.8, 4) is 0 Å². The lowest BCUT2D eigenvalue weighted by Gasteiger charge is -2.04. The fourth-order valence-corrected chi connectivity index (χ4v) is 2.39. The van der Waals surface area contributed by atoms with Crippen molar-refractivity contribution in [3.05, 3.63) is 47.0 Å². The summed E-state index contributed by atoms with van der Waals surface area (Å²) in [5, 5.41) is 2.86. The fourth-order valence-electron chi connectivity index (χ4n) is 2.39. The molecule has 2 heterocycles. The molecule has 0 bridgehead atoms. The molecular weight excluding hydrogens is 226 g/mol. The highest BCUT2D eigenvalue weighted by Gasteiger charge is 2.17. The number of H-pyrrole nitrogens is 1. The molecule has 0 fully saturated rings. The van der Waals surface area contributed by atoms with Gasteiger partial charge in [-0.05, 0) is 49.4 Å². The largest absolute Gasteiger partial charge is 0.354 e.